The Hall–Kier alpha value is -2.86. The van der Waals surface area contributed by atoms with Crippen molar-refractivity contribution in [3.8, 4) is 0 Å². The molecule has 3 aromatic carbocycles. The Balaban J connectivity index is 1.46. The topological polar surface area (TPSA) is 41.6 Å². The molecule has 1 aromatic heterocycles. The first kappa shape index (κ1) is 26.2. The number of aryl methyl sites for hydroxylation is 2. The fourth-order valence-electron chi connectivity index (χ4n) is 4.39. The van der Waals surface area contributed by atoms with Crippen molar-refractivity contribution < 1.29 is 0 Å². The molecule has 0 radical (unpaired) electrons. The van der Waals surface area contributed by atoms with Gasteiger partial charge >= 0.3 is 0 Å². The standard InChI is InChI=1S/C31H35N3S2/c1-35-29-19-18-28(33-31(32)30-17-10-22-36-30)23-27(29)24-34(20-8-15-25-11-4-2-5-12-25)21-9-16-26-13-6-3-7-14-26/h2-7,10-14,17-19,22-23H,8-9,15-16,20-21,24H2,1H3,(H2,32,33). The summed E-state index contributed by atoms with van der Waals surface area (Å²) in [5.41, 5.74) is 11.3. The summed E-state index contributed by atoms with van der Waals surface area (Å²) in [5, 5.41) is 2.03. The molecule has 4 rings (SSSR count). The summed E-state index contributed by atoms with van der Waals surface area (Å²) in [6, 6.07) is 32.1. The van der Waals surface area contributed by atoms with Crippen molar-refractivity contribution in [2.75, 3.05) is 19.3 Å². The molecule has 0 bridgehead atoms. The van der Waals surface area contributed by atoms with E-state index in [1.807, 2.05) is 17.5 Å². The van der Waals surface area contributed by atoms with Crippen molar-refractivity contribution in [3.63, 3.8) is 0 Å². The first-order chi connectivity index (χ1) is 17.7. The Morgan fingerprint density at radius 1 is 0.833 bits per heavy atom. The van der Waals surface area contributed by atoms with E-state index in [-0.39, 0.29) is 0 Å². The molecule has 0 fully saturated rings. The molecule has 0 atom stereocenters. The quantitative estimate of drug-likeness (QED) is 0.114. The van der Waals surface area contributed by atoms with E-state index >= 15 is 0 Å². The lowest BCUT2D eigenvalue weighted by Gasteiger charge is -2.24. The summed E-state index contributed by atoms with van der Waals surface area (Å²) in [5.74, 6) is 0.579. The average Bonchev–Trinajstić information content (AvgIpc) is 3.45. The van der Waals surface area contributed by atoms with Crippen LogP contribution in [0.15, 0.2) is 106 Å². The van der Waals surface area contributed by atoms with Crippen LogP contribution in [0.3, 0.4) is 0 Å². The second kappa shape index (κ2) is 14.0. The van der Waals surface area contributed by atoms with Gasteiger partial charge in [-0.15, -0.1) is 23.1 Å². The van der Waals surface area contributed by atoms with E-state index in [0.717, 1.165) is 55.9 Å². The molecule has 186 valence electrons. The maximum absolute atomic E-state index is 6.28. The third kappa shape index (κ3) is 8.09. The van der Waals surface area contributed by atoms with Gasteiger partial charge in [-0.25, -0.2) is 4.99 Å². The highest BCUT2D eigenvalue weighted by Crippen LogP contribution is 2.27. The Morgan fingerprint density at radius 3 is 2.03 bits per heavy atom. The molecule has 0 aliphatic rings. The number of nitrogens with zero attached hydrogens (tertiary/aromatic N) is 2. The molecule has 0 saturated carbocycles. The number of hydrogen-bond donors (Lipinski definition) is 1. The van der Waals surface area contributed by atoms with Crippen molar-refractivity contribution >= 4 is 34.6 Å². The predicted octanol–water partition coefficient (Wildman–Crippen LogP) is 7.57. The van der Waals surface area contributed by atoms with Gasteiger partial charge < -0.3 is 5.73 Å². The van der Waals surface area contributed by atoms with Crippen LogP contribution in [-0.2, 0) is 19.4 Å². The highest BCUT2D eigenvalue weighted by atomic mass is 32.2. The van der Waals surface area contributed by atoms with E-state index in [1.165, 1.54) is 21.6 Å². The summed E-state index contributed by atoms with van der Waals surface area (Å²) in [6.07, 6.45) is 6.65. The minimum absolute atomic E-state index is 0.579. The van der Waals surface area contributed by atoms with Gasteiger partial charge in [0.1, 0.15) is 5.84 Å². The molecular formula is C31H35N3S2. The predicted molar refractivity (Wildman–Crippen MR) is 158 cm³/mol. The number of rotatable bonds is 13. The van der Waals surface area contributed by atoms with Gasteiger partial charge in [-0.3, -0.25) is 4.90 Å². The van der Waals surface area contributed by atoms with Gasteiger partial charge in [0.05, 0.1) is 10.6 Å². The van der Waals surface area contributed by atoms with Crippen LogP contribution in [-0.4, -0.2) is 30.1 Å². The van der Waals surface area contributed by atoms with Gasteiger partial charge in [-0.2, -0.15) is 0 Å². The molecule has 36 heavy (non-hydrogen) atoms. The van der Waals surface area contributed by atoms with Crippen molar-refractivity contribution in [1.82, 2.24) is 4.90 Å². The van der Waals surface area contributed by atoms with Gasteiger partial charge in [0.15, 0.2) is 0 Å². The van der Waals surface area contributed by atoms with Gasteiger partial charge in [0.2, 0.25) is 0 Å². The minimum atomic E-state index is 0.579. The van der Waals surface area contributed by atoms with Crippen LogP contribution in [0.4, 0.5) is 5.69 Å². The fraction of sp³-hybridized carbons (Fsp3) is 0.258. The largest absolute Gasteiger partial charge is 0.383 e. The average molecular weight is 514 g/mol. The van der Waals surface area contributed by atoms with Gasteiger partial charge in [0, 0.05) is 11.4 Å². The van der Waals surface area contributed by atoms with Crippen molar-refractivity contribution in [3.05, 3.63) is 118 Å². The molecule has 0 amide bonds. The molecule has 2 N–H and O–H groups in total. The number of nitrogens with two attached hydrogens (primary N) is 1. The van der Waals surface area contributed by atoms with Crippen LogP contribution < -0.4 is 5.73 Å². The summed E-state index contributed by atoms with van der Waals surface area (Å²) < 4.78 is 0. The zero-order valence-electron chi connectivity index (χ0n) is 21.0. The summed E-state index contributed by atoms with van der Waals surface area (Å²) >= 11 is 3.42. The molecular weight excluding hydrogens is 478 g/mol. The lowest BCUT2D eigenvalue weighted by molar-refractivity contribution is 0.257. The Kier molecular flexibility index (Phi) is 10.2. The molecule has 0 aliphatic heterocycles. The Labute approximate surface area is 224 Å². The SMILES string of the molecule is CSc1ccc(N=C(N)c2cccs2)cc1CN(CCCc1ccccc1)CCCc1ccccc1. The second-order valence-electron chi connectivity index (χ2n) is 8.92. The fourth-order valence-corrected chi connectivity index (χ4v) is 5.61. The lowest BCUT2D eigenvalue weighted by Crippen LogP contribution is -2.26. The highest BCUT2D eigenvalue weighted by molar-refractivity contribution is 7.98. The van der Waals surface area contributed by atoms with E-state index in [1.54, 1.807) is 23.1 Å². The number of thiophene rings is 1. The Morgan fingerprint density at radius 2 is 1.47 bits per heavy atom. The number of hydrogen-bond acceptors (Lipinski definition) is 4. The van der Waals surface area contributed by atoms with E-state index in [0.29, 0.717) is 5.84 Å². The molecule has 0 aliphatic carbocycles. The van der Waals surface area contributed by atoms with E-state index in [4.69, 9.17) is 10.7 Å². The summed E-state index contributed by atoms with van der Waals surface area (Å²) in [6.45, 7) is 3.06. The van der Waals surface area contributed by atoms with Crippen molar-refractivity contribution in [1.29, 1.82) is 0 Å². The lowest BCUT2D eigenvalue weighted by atomic mass is 10.1. The molecule has 3 nitrogen and oxygen atoms in total. The first-order valence-electron chi connectivity index (χ1n) is 12.6. The summed E-state index contributed by atoms with van der Waals surface area (Å²) in [7, 11) is 0. The first-order valence-corrected chi connectivity index (χ1v) is 14.7. The zero-order chi connectivity index (χ0) is 25.0. The third-order valence-electron chi connectivity index (χ3n) is 6.25. The molecule has 0 saturated heterocycles. The molecule has 1 heterocycles. The Bertz CT molecular complexity index is 1160. The van der Waals surface area contributed by atoms with Crippen LogP contribution >= 0.6 is 23.1 Å². The number of thioether (sulfide) groups is 1. The zero-order valence-corrected chi connectivity index (χ0v) is 22.6. The van der Waals surface area contributed by atoms with Gasteiger partial charge in [0.25, 0.3) is 0 Å². The highest BCUT2D eigenvalue weighted by Gasteiger charge is 2.11. The number of aliphatic imine (C=N–C) groups is 1. The van der Waals surface area contributed by atoms with Crippen molar-refractivity contribution in [2.45, 2.75) is 37.1 Å². The summed E-state index contributed by atoms with van der Waals surface area (Å²) in [4.78, 5) is 9.65. The van der Waals surface area contributed by atoms with Gasteiger partial charge in [-0.05, 0) is 91.4 Å². The van der Waals surface area contributed by atoms with Crippen LogP contribution in [0.1, 0.15) is 34.4 Å². The van der Waals surface area contributed by atoms with Crippen LogP contribution in [0.25, 0.3) is 0 Å². The van der Waals surface area contributed by atoms with Crippen molar-refractivity contribution in [2.24, 2.45) is 10.7 Å². The maximum atomic E-state index is 6.28. The maximum Gasteiger partial charge on any atom is 0.141 e. The normalized spacial score (nSPS) is 11.8. The monoisotopic (exact) mass is 513 g/mol. The third-order valence-corrected chi connectivity index (χ3v) is 7.98. The van der Waals surface area contributed by atoms with Crippen LogP contribution in [0.2, 0.25) is 0 Å². The van der Waals surface area contributed by atoms with E-state index in [2.05, 4.69) is 90.0 Å². The molecule has 5 heteroatoms. The van der Waals surface area contributed by atoms with E-state index in [9.17, 15) is 0 Å². The van der Waals surface area contributed by atoms with E-state index < -0.39 is 0 Å². The van der Waals surface area contributed by atoms with Crippen LogP contribution in [0, 0.1) is 0 Å². The van der Waals surface area contributed by atoms with Crippen LogP contribution in [0.5, 0.6) is 0 Å². The van der Waals surface area contributed by atoms with Gasteiger partial charge in [-0.1, -0.05) is 66.7 Å². The number of benzene rings is 3. The molecule has 0 unspecified atom stereocenters. The smallest absolute Gasteiger partial charge is 0.141 e. The second-order valence-corrected chi connectivity index (χ2v) is 10.7. The molecule has 4 aromatic rings. The minimum Gasteiger partial charge on any atom is -0.383 e. The molecule has 0 spiro atoms. The number of amidine groups is 1.